The van der Waals surface area contributed by atoms with E-state index in [1.54, 1.807) is 6.20 Å². The zero-order valence-corrected chi connectivity index (χ0v) is 10.5. The maximum atomic E-state index is 12.4. The topological polar surface area (TPSA) is 64.2 Å². The van der Waals surface area contributed by atoms with Gasteiger partial charge in [0.05, 0.1) is 12.0 Å². The second kappa shape index (κ2) is 4.49. The van der Waals surface area contributed by atoms with Crippen LogP contribution in [0.3, 0.4) is 0 Å². The molecule has 1 amide bonds. The number of amides is 1. The van der Waals surface area contributed by atoms with Crippen LogP contribution in [0.15, 0.2) is 12.4 Å². The van der Waals surface area contributed by atoms with Crippen molar-refractivity contribution in [1.82, 2.24) is 14.5 Å². The first-order chi connectivity index (χ1) is 8.10. The summed E-state index contributed by atoms with van der Waals surface area (Å²) in [6, 6.07) is 0. The molecule has 1 unspecified atom stereocenters. The first-order valence-corrected chi connectivity index (χ1v) is 6.10. The Morgan fingerprint density at radius 3 is 3.00 bits per heavy atom. The monoisotopic (exact) mass is 236 g/mol. The van der Waals surface area contributed by atoms with Gasteiger partial charge < -0.3 is 15.2 Å². The minimum Gasteiger partial charge on any atom is -0.333 e. The Labute approximate surface area is 102 Å². The molecular weight excluding hydrogens is 216 g/mol. The predicted octanol–water partition coefficient (Wildman–Crippen LogP) is 0.600. The van der Waals surface area contributed by atoms with Gasteiger partial charge in [0.15, 0.2) is 0 Å². The minimum absolute atomic E-state index is 0.150. The fraction of sp³-hybridized carbons (Fsp3) is 0.667. The van der Waals surface area contributed by atoms with Crippen molar-refractivity contribution in [3.05, 3.63) is 18.2 Å². The van der Waals surface area contributed by atoms with E-state index in [9.17, 15) is 4.79 Å². The van der Waals surface area contributed by atoms with Crippen LogP contribution in [0.1, 0.15) is 26.1 Å². The molecule has 0 radical (unpaired) electrons. The Morgan fingerprint density at radius 2 is 2.35 bits per heavy atom. The lowest BCUT2D eigenvalue weighted by molar-refractivity contribution is -0.142. The van der Waals surface area contributed by atoms with Crippen LogP contribution in [0.2, 0.25) is 0 Å². The van der Waals surface area contributed by atoms with Crippen LogP contribution in [0.25, 0.3) is 0 Å². The van der Waals surface area contributed by atoms with Crippen LogP contribution in [0.4, 0.5) is 0 Å². The molecule has 2 rings (SSSR count). The van der Waals surface area contributed by atoms with E-state index in [4.69, 9.17) is 5.73 Å². The van der Waals surface area contributed by atoms with Gasteiger partial charge in [0.25, 0.3) is 0 Å². The molecule has 0 fully saturated rings. The van der Waals surface area contributed by atoms with Crippen molar-refractivity contribution in [2.24, 2.45) is 11.1 Å². The lowest BCUT2D eigenvalue weighted by Crippen LogP contribution is -2.48. The third-order valence-electron chi connectivity index (χ3n) is 3.78. The van der Waals surface area contributed by atoms with E-state index in [0.717, 1.165) is 25.3 Å². The molecule has 1 atom stereocenters. The van der Waals surface area contributed by atoms with Crippen LogP contribution in [-0.2, 0) is 17.9 Å². The molecule has 0 saturated heterocycles. The zero-order chi connectivity index (χ0) is 12.5. The van der Waals surface area contributed by atoms with Gasteiger partial charge in [-0.3, -0.25) is 4.79 Å². The maximum Gasteiger partial charge on any atom is 0.230 e. The quantitative estimate of drug-likeness (QED) is 0.836. The normalized spacial score (nSPS) is 18.6. The van der Waals surface area contributed by atoms with Gasteiger partial charge in [-0.2, -0.15) is 0 Å². The maximum absolute atomic E-state index is 12.4. The molecule has 0 aromatic carbocycles. The molecule has 1 aliphatic rings. The van der Waals surface area contributed by atoms with Gasteiger partial charge in [0.2, 0.25) is 5.91 Å². The minimum atomic E-state index is -0.436. The molecule has 94 valence electrons. The van der Waals surface area contributed by atoms with E-state index >= 15 is 0 Å². The van der Waals surface area contributed by atoms with E-state index < -0.39 is 5.41 Å². The predicted molar refractivity (Wildman–Crippen MR) is 65.1 cm³/mol. The van der Waals surface area contributed by atoms with E-state index in [0.29, 0.717) is 13.1 Å². The van der Waals surface area contributed by atoms with Crippen molar-refractivity contribution < 1.29 is 4.79 Å². The van der Waals surface area contributed by atoms with Gasteiger partial charge >= 0.3 is 0 Å². The zero-order valence-electron chi connectivity index (χ0n) is 10.5. The highest BCUT2D eigenvalue weighted by atomic mass is 16.2. The number of aromatic nitrogens is 2. The van der Waals surface area contributed by atoms with Gasteiger partial charge in [-0.25, -0.2) is 4.98 Å². The largest absolute Gasteiger partial charge is 0.333 e. The average Bonchev–Trinajstić information content (AvgIpc) is 2.84. The van der Waals surface area contributed by atoms with Crippen molar-refractivity contribution in [2.45, 2.75) is 33.4 Å². The molecule has 1 aromatic heterocycles. The molecule has 2 N–H and O–H groups in total. The second-order valence-corrected chi connectivity index (χ2v) is 4.88. The summed E-state index contributed by atoms with van der Waals surface area (Å²) in [6.45, 7) is 6.52. The third kappa shape index (κ3) is 2.07. The molecule has 2 heterocycles. The smallest absolute Gasteiger partial charge is 0.230 e. The van der Waals surface area contributed by atoms with Gasteiger partial charge in [0, 0.05) is 32.0 Å². The summed E-state index contributed by atoms with van der Waals surface area (Å²) in [4.78, 5) is 18.6. The van der Waals surface area contributed by atoms with Crippen LogP contribution < -0.4 is 5.73 Å². The number of fused-ring (bicyclic) bond motifs is 1. The number of hydrogen-bond donors (Lipinski definition) is 1. The molecule has 17 heavy (non-hydrogen) atoms. The summed E-state index contributed by atoms with van der Waals surface area (Å²) in [5, 5.41) is 0. The average molecular weight is 236 g/mol. The Morgan fingerprint density at radius 1 is 1.59 bits per heavy atom. The fourth-order valence-electron chi connectivity index (χ4n) is 2.11. The van der Waals surface area contributed by atoms with E-state index in [2.05, 4.69) is 9.55 Å². The molecule has 0 aliphatic carbocycles. The van der Waals surface area contributed by atoms with Gasteiger partial charge in [0.1, 0.15) is 5.82 Å². The Bertz CT molecular complexity index is 408. The van der Waals surface area contributed by atoms with E-state index in [1.165, 1.54) is 0 Å². The lowest BCUT2D eigenvalue weighted by Gasteiger charge is -2.35. The first-order valence-electron chi connectivity index (χ1n) is 6.10. The Balaban J connectivity index is 2.13. The van der Waals surface area contributed by atoms with E-state index in [1.807, 2.05) is 24.9 Å². The Hall–Kier alpha value is -1.36. The summed E-state index contributed by atoms with van der Waals surface area (Å²) < 4.78 is 2.09. The summed E-state index contributed by atoms with van der Waals surface area (Å²) in [6.07, 6.45) is 4.51. The first kappa shape index (κ1) is 12.1. The van der Waals surface area contributed by atoms with Crippen molar-refractivity contribution >= 4 is 5.91 Å². The summed E-state index contributed by atoms with van der Waals surface area (Å²) in [7, 11) is 0. The van der Waals surface area contributed by atoms with Crippen molar-refractivity contribution in [2.75, 3.05) is 13.1 Å². The lowest BCUT2D eigenvalue weighted by atomic mass is 9.86. The number of nitrogens with zero attached hydrogens (tertiary/aromatic N) is 3. The fourth-order valence-corrected chi connectivity index (χ4v) is 2.11. The molecular formula is C12H20N4O. The standard InChI is InChI=1S/C12H20N4O/c1-3-12(2,9-13)11(17)16-7-6-15-5-4-14-10(15)8-16/h4-5H,3,6-9,13H2,1-2H3. The van der Waals surface area contributed by atoms with Crippen molar-refractivity contribution in [3.63, 3.8) is 0 Å². The highest BCUT2D eigenvalue weighted by Crippen LogP contribution is 2.24. The molecule has 0 spiro atoms. The third-order valence-corrected chi connectivity index (χ3v) is 3.78. The molecule has 0 bridgehead atoms. The highest BCUT2D eigenvalue weighted by Gasteiger charge is 2.35. The van der Waals surface area contributed by atoms with Crippen molar-refractivity contribution in [1.29, 1.82) is 0 Å². The number of hydrogen-bond acceptors (Lipinski definition) is 3. The van der Waals surface area contributed by atoms with Crippen molar-refractivity contribution in [3.8, 4) is 0 Å². The van der Waals surface area contributed by atoms with Crippen LogP contribution in [0, 0.1) is 5.41 Å². The number of nitrogens with two attached hydrogens (primary N) is 1. The molecule has 1 aliphatic heterocycles. The summed E-state index contributed by atoms with van der Waals surface area (Å²) in [5.41, 5.74) is 5.30. The van der Waals surface area contributed by atoms with Crippen LogP contribution >= 0.6 is 0 Å². The molecule has 1 aromatic rings. The number of carbonyl (C=O) groups is 1. The number of imidazole rings is 1. The number of carbonyl (C=O) groups excluding carboxylic acids is 1. The molecule has 5 heteroatoms. The molecule has 5 nitrogen and oxygen atoms in total. The SMILES string of the molecule is CCC(C)(CN)C(=O)N1CCn2ccnc2C1. The second-order valence-electron chi connectivity index (χ2n) is 4.88. The number of rotatable bonds is 3. The van der Waals surface area contributed by atoms with Gasteiger partial charge in [-0.1, -0.05) is 6.92 Å². The molecule has 0 saturated carbocycles. The van der Waals surface area contributed by atoms with Crippen LogP contribution in [0.5, 0.6) is 0 Å². The van der Waals surface area contributed by atoms with Gasteiger partial charge in [-0.05, 0) is 13.3 Å². The van der Waals surface area contributed by atoms with Crippen LogP contribution in [-0.4, -0.2) is 33.4 Å². The van der Waals surface area contributed by atoms with E-state index in [-0.39, 0.29) is 5.91 Å². The Kier molecular flexibility index (Phi) is 3.19. The summed E-state index contributed by atoms with van der Waals surface area (Å²) in [5.74, 6) is 1.11. The highest BCUT2D eigenvalue weighted by molar-refractivity contribution is 5.82. The summed E-state index contributed by atoms with van der Waals surface area (Å²) >= 11 is 0. The van der Waals surface area contributed by atoms with Gasteiger partial charge in [-0.15, -0.1) is 0 Å².